The second-order valence-corrected chi connectivity index (χ2v) is 2.60. The van der Waals surface area contributed by atoms with Crippen molar-refractivity contribution >= 4 is 5.78 Å². The first-order valence-corrected chi connectivity index (χ1v) is 3.63. The molecular formula is C8H12O2. The van der Waals surface area contributed by atoms with Crippen LogP contribution in [0.5, 0.6) is 0 Å². The summed E-state index contributed by atoms with van der Waals surface area (Å²) in [5.41, 5.74) is 1.02. The average Bonchev–Trinajstić information content (AvgIpc) is 2.14. The van der Waals surface area contributed by atoms with Crippen molar-refractivity contribution < 1.29 is 9.90 Å². The molecule has 1 rings (SSSR count). The molecular weight excluding hydrogens is 128 g/mol. The molecule has 0 aromatic heterocycles. The molecule has 1 N–H and O–H groups in total. The van der Waals surface area contributed by atoms with Crippen LogP contribution in [0.2, 0.25) is 0 Å². The summed E-state index contributed by atoms with van der Waals surface area (Å²) in [4.78, 5) is 10.8. The number of ketones is 1. The molecule has 0 aliphatic heterocycles. The second-order valence-electron chi connectivity index (χ2n) is 2.60. The van der Waals surface area contributed by atoms with Gasteiger partial charge in [0.1, 0.15) is 5.78 Å². The largest absolute Gasteiger partial charge is 0.392 e. The molecule has 0 amide bonds. The van der Waals surface area contributed by atoms with Crippen LogP contribution in [0.1, 0.15) is 25.7 Å². The summed E-state index contributed by atoms with van der Waals surface area (Å²) in [5, 5.41) is 8.72. The number of hydrogen-bond donors (Lipinski definition) is 1. The van der Waals surface area contributed by atoms with E-state index in [1.807, 2.05) is 6.08 Å². The molecule has 2 nitrogen and oxygen atoms in total. The van der Waals surface area contributed by atoms with Gasteiger partial charge in [-0.1, -0.05) is 6.08 Å². The Morgan fingerprint density at radius 3 is 2.90 bits per heavy atom. The van der Waals surface area contributed by atoms with Crippen LogP contribution < -0.4 is 0 Å². The number of Topliss-reactive ketones (excluding diaryl/α,β-unsaturated/α-hetero) is 1. The van der Waals surface area contributed by atoms with Crippen molar-refractivity contribution in [2.75, 3.05) is 6.61 Å². The lowest BCUT2D eigenvalue weighted by molar-refractivity contribution is -0.118. The summed E-state index contributed by atoms with van der Waals surface area (Å²) in [5.74, 6) is 0.319. The molecule has 0 fully saturated rings. The number of aliphatic hydroxyl groups excluding tert-OH is 1. The Kier molecular flexibility index (Phi) is 2.63. The van der Waals surface area contributed by atoms with Gasteiger partial charge in [-0.2, -0.15) is 0 Å². The summed E-state index contributed by atoms with van der Waals surface area (Å²) < 4.78 is 0. The molecule has 0 saturated carbocycles. The fourth-order valence-corrected chi connectivity index (χ4v) is 1.11. The topological polar surface area (TPSA) is 37.3 Å². The lowest BCUT2D eigenvalue weighted by Gasteiger charge is -1.96. The summed E-state index contributed by atoms with van der Waals surface area (Å²) in [6.07, 6.45) is 4.82. The van der Waals surface area contributed by atoms with E-state index in [1.165, 1.54) is 0 Å². The van der Waals surface area contributed by atoms with Crippen molar-refractivity contribution in [1.82, 2.24) is 0 Å². The van der Waals surface area contributed by atoms with E-state index in [4.69, 9.17) is 5.11 Å². The maximum atomic E-state index is 10.8. The summed E-state index contributed by atoms with van der Waals surface area (Å²) in [7, 11) is 0. The van der Waals surface area contributed by atoms with Crippen LogP contribution in [-0.2, 0) is 4.79 Å². The normalized spacial score (nSPS) is 20.1. The highest BCUT2D eigenvalue weighted by atomic mass is 16.3. The summed E-state index contributed by atoms with van der Waals surface area (Å²) in [6, 6.07) is 0. The minimum Gasteiger partial charge on any atom is -0.392 e. The number of carbonyl (C=O) groups is 1. The van der Waals surface area contributed by atoms with Gasteiger partial charge >= 0.3 is 0 Å². The highest BCUT2D eigenvalue weighted by Crippen LogP contribution is 2.13. The van der Waals surface area contributed by atoms with E-state index in [-0.39, 0.29) is 6.61 Å². The van der Waals surface area contributed by atoms with Crippen molar-refractivity contribution in [3.63, 3.8) is 0 Å². The molecule has 10 heavy (non-hydrogen) atoms. The van der Waals surface area contributed by atoms with E-state index in [9.17, 15) is 4.79 Å². The fourth-order valence-electron chi connectivity index (χ4n) is 1.11. The number of aliphatic hydroxyl groups is 1. The van der Waals surface area contributed by atoms with Crippen LogP contribution >= 0.6 is 0 Å². The van der Waals surface area contributed by atoms with Crippen LogP contribution in [-0.4, -0.2) is 17.5 Å². The second kappa shape index (κ2) is 3.52. The molecule has 0 aromatic rings. The lowest BCUT2D eigenvalue weighted by atomic mass is 10.1. The van der Waals surface area contributed by atoms with E-state index in [2.05, 4.69) is 0 Å². The van der Waals surface area contributed by atoms with Gasteiger partial charge in [-0.25, -0.2) is 0 Å². The van der Waals surface area contributed by atoms with Gasteiger partial charge in [-0.3, -0.25) is 4.79 Å². The Morgan fingerprint density at radius 2 is 2.20 bits per heavy atom. The third-order valence-electron chi connectivity index (χ3n) is 1.78. The highest BCUT2D eigenvalue weighted by molar-refractivity contribution is 5.79. The van der Waals surface area contributed by atoms with Crippen molar-refractivity contribution in [2.45, 2.75) is 25.7 Å². The zero-order valence-electron chi connectivity index (χ0n) is 5.97. The van der Waals surface area contributed by atoms with Gasteiger partial charge in [0.2, 0.25) is 0 Å². The summed E-state index contributed by atoms with van der Waals surface area (Å²) >= 11 is 0. The van der Waals surface area contributed by atoms with Crippen LogP contribution in [0.15, 0.2) is 11.6 Å². The third-order valence-corrected chi connectivity index (χ3v) is 1.78. The Labute approximate surface area is 60.6 Å². The standard InChI is InChI=1S/C8H12O2/c9-6-7-2-1-3-8(10)5-4-7/h2,9H,1,3-6H2. The lowest BCUT2D eigenvalue weighted by Crippen LogP contribution is -1.95. The van der Waals surface area contributed by atoms with Crippen molar-refractivity contribution in [2.24, 2.45) is 0 Å². The Balaban J connectivity index is 2.47. The van der Waals surface area contributed by atoms with E-state index in [1.54, 1.807) is 0 Å². The maximum absolute atomic E-state index is 10.8. The number of hydrogen-bond acceptors (Lipinski definition) is 2. The summed E-state index contributed by atoms with van der Waals surface area (Å²) in [6.45, 7) is 0.118. The predicted octanol–water partition coefficient (Wildman–Crippen LogP) is 1.05. The first-order valence-electron chi connectivity index (χ1n) is 3.63. The van der Waals surface area contributed by atoms with E-state index < -0.39 is 0 Å². The van der Waals surface area contributed by atoms with Crippen LogP contribution in [0.3, 0.4) is 0 Å². The maximum Gasteiger partial charge on any atom is 0.133 e. The van der Waals surface area contributed by atoms with E-state index >= 15 is 0 Å². The molecule has 0 aromatic carbocycles. The molecule has 0 unspecified atom stereocenters. The van der Waals surface area contributed by atoms with Gasteiger partial charge < -0.3 is 5.11 Å². The molecule has 1 aliphatic carbocycles. The molecule has 0 atom stereocenters. The van der Waals surface area contributed by atoms with Gasteiger partial charge in [-0.05, 0) is 18.4 Å². The molecule has 0 spiro atoms. The monoisotopic (exact) mass is 140 g/mol. The Bertz CT molecular complexity index is 159. The Morgan fingerprint density at radius 1 is 1.40 bits per heavy atom. The van der Waals surface area contributed by atoms with Crippen LogP contribution in [0.4, 0.5) is 0 Å². The molecule has 2 heteroatoms. The fraction of sp³-hybridized carbons (Fsp3) is 0.625. The van der Waals surface area contributed by atoms with Crippen molar-refractivity contribution in [3.8, 4) is 0 Å². The predicted molar refractivity (Wildman–Crippen MR) is 38.6 cm³/mol. The zero-order valence-corrected chi connectivity index (χ0v) is 5.97. The molecule has 0 bridgehead atoms. The first kappa shape index (κ1) is 7.48. The van der Waals surface area contributed by atoms with Crippen LogP contribution in [0.25, 0.3) is 0 Å². The van der Waals surface area contributed by atoms with E-state index in [0.29, 0.717) is 18.6 Å². The molecule has 0 saturated heterocycles. The zero-order chi connectivity index (χ0) is 7.40. The smallest absolute Gasteiger partial charge is 0.133 e. The van der Waals surface area contributed by atoms with Crippen molar-refractivity contribution in [3.05, 3.63) is 11.6 Å². The van der Waals surface area contributed by atoms with Gasteiger partial charge in [0.05, 0.1) is 6.61 Å². The molecule has 0 radical (unpaired) electrons. The molecule has 56 valence electrons. The Hall–Kier alpha value is -0.630. The van der Waals surface area contributed by atoms with Gasteiger partial charge in [0, 0.05) is 12.8 Å². The average molecular weight is 140 g/mol. The van der Waals surface area contributed by atoms with Gasteiger partial charge in [0.25, 0.3) is 0 Å². The SMILES string of the molecule is O=C1CCC=C(CO)CC1. The minimum absolute atomic E-state index is 0.118. The van der Waals surface area contributed by atoms with Gasteiger partial charge in [-0.15, -0.1) is 0 Å². The minimum atomic E-state index is 0.118. The molecule has 0 heterocycles. The number of rotatable bonds is 1. The van der Waals surface area contributed by atoms with Crippen molar-refractivity contribution in [1.29, 1.82) is 0 Å². The first-order chi connectivity index (χ1) is 4.83. The number of allylic oxidation sites excluding steroid dienone is 1. The quantitative estimate of drug-likeness (QED) is 0.553. The number of carbonyl (C=O) groups excluding carboxylic acids is 1. The van der Waals surface area contributed by atoms with Gasteiger partial charge in [0.15, 0.2) is 0 Å². The van der Waals surface area contributed by atoms with E-state index in [0.717, 1.165) is 18.4 Å². The molecule has 1 aliphatic rings. The van der Waals surface area contributed by atoms with Crippen LogP contribution in [0, 0.1) is 0 Å². The highest BCUT2D eigenvalue weighted by Gasteiger charge is 2.07. The third kappa shape index (κ3) is 1.95.